The zero-order valence-corrected chi connectivity index (χ0v) is 15.0. The average molecular weight is 375 g/mol. The fourth-order valence-electron chi connectivity index (χ4n) is 2.08. The highest BCUT2D eigenvalue weighted by atomic mass is 35.5. The maximum atomic E-state index is 12.0. The van der Waals surface area contributed by atoms with Gasteiger partial charge in [-0.2, -0.15) is 0 Å². The van der Waals surface area contributed by atoms with Crippen molar-refractivity contribution < 1.29 is 19.1 Å². The van der Waals surface area contributed by atoms with E-state index >= 15 is 0 Å². The van der Waals surface area contributed by atoms with E-state index in [1.165, 1.54) is 6.92 Å². The number of amides is 2. The number of benzene rings is 2. The highest BCUT2D eigenvalue weighted by molar-refractivity contribution is 6.30. The quantitative estimate of drug-likeness (QED) is 0.729. The van der Waals surface area contributed by atoms with Crippen molar-refractivity contribution in [2.24, 2.45) is 0 Å². The number of ether oxygens (including phenoxy) is 1. The lowest BCUT2D eigenvalue weighted by atomic mass is 10.1. The molecule has 0 saturated carbocycles. The molecule has 0 fully saturated rings. The minimum atomic E-state index is -0.996. The molecule has 0 bridgehead atoms. The van der Waals surface area contributed by atoms with Crippen LogP contribution in [0.15, 0.2) is 54.6 Å². The number of hydrogen-bond acceptors (Lipinski definition) is 4. The Labute approximate surface area is 156 Å². The number of esters is 1. The van der Waals surface area contributed by atoms with Crippen LogP contribution in [0.1, 0.15) is 12.5 Å². The zero-order chi connectivity index (χ0) is 18.9. The second-order valence-corrected chi connectivity index (χ2v) is 6.00. The van der Waals surface area contributed by atoms with Crippen LogP contribution in [0.25, 0.3) is 0 Å². The van der Waals surface area contributed by atoms with Gasteiger partial charge in [-0.15, -0.1) is 0 Å². The van der Waals surface area contributed by atoms with Crippen molar-refractivity contribution in [1.82, 2.24) is 5.32 Å². The normalized spacial score (nSPS) is 11.3. The lowest BCUT2D eigenvalue weighted by molar-refractivity contribution is -0.152. The smallest absolute Gasteiger partial charge is 0.326 e. The molecule has 136 valence electrons. The van der Waals surface area contributed by atoms with Crippen LogP contribution in [0.2, 0.25) is 5.02 Å². The molecule has 2 aromatic rings. The number of anilines is 1. The molecule has 0 aromatic heterocycles. The van der Waals surface area contributed by atoms with E-state index in [-0.39, 0.29) is 18.9 Å². The Morgan fingerprint density at radius 1 is 1.04 bits per heavy atom. The van der Waals surface area contributed by atoms with Gasteiger partial charge in [-0.05, 0) is 36.8 Å². The molecule has 0 aliphatic carbocycles. The highest BCUT2D eigenvalue weighted by Gasteiger charge is 2.18. The third-order valence-electron chi connectivity index (χ3n) is 3.43. The Balaban J connectivity index is 1.73. The third kappa shape index (κ3) is 6.57. The van der Waals surface area contributed by atoms with Gasteiger partial charge in [-0.1, -0.05) is 41.9 Å². The molecule has 1 atom stereocenters. The Kier molecular flexibility index (Phi) is 7.17. The van der Waals surface area contributed by atoms with Crippen LogP contribution in [0.3, 0.4) is 0 Å². The minimum Gasteiger partial charge on any atom is -0.451 e. The Morgan fingerprint density at radius 3 is 2.35 bits per heavy atom. The van der Waals surface area contributed by atoms with Gasteiger partial charge in [0, 0.05) is 10.7 Å². The van der Waals surface area contributed by atoms with Crippen LogP contribution in [-0.2, 0) is 25.5 Å². The number of hydrogen-bond donors (Lipinski definition) is 2. The van der Waals surface area contributed by atoms with Crippen molar-refractivity contribution in [2.45, 2.75) is 19.4 Å². The molecule has 6 nitrogen and oxygen atoms in total. The number of rotatable bonds is 7. The molecule has 2 aromatic carbocycles. The van der Waals surface area contributed by atoms with Gasteiger partial charge in [0.25, 0.3) is 5.91 Å². The van der Waals surface area contributed by atoms with Gasteiger partial charge in [0.15, 0.2) is 6.10 Å². The zero-order valence-electron chi connectivity index (χ0n) is 14.2. The van der Waals surface area contributed by atoms with Gasteiger partial charge >= 0.3 is 5.97 Å². The van der Waals surface area contributed by atoms with Crippen LogP contribution in [-0.4, -0.2) is 30.4 Å². The van der Waals surface area contributed by atoms with Crippen molar-refractivity contribution in [2.75, 3.05) is 11.9 Å². The number of halogens is 1. The molecule has 2 amide bonds. The molecule has 2 N–H and O–H groups in total. The molecular weight excluding hydrogens is 356 g/mol. The van der Waals surface area contributed by atoms with E-state index in [9.17, 15) is 14.4 Å². The predicted molar refractivity (Wildman–Crippen MR) is 98.8 cm³/mol. The Morgan fingerprint density at radius 2 is 1.69 bits per heavy atom. The lowest BCUT2D eigenvalue weighted by Gasteiger charge is -2.14. The second kappa shape index (κ2) is 9.58. The van der Waals surface area contributed by atoms with Gasteiger partial charge in [0.1, 0.15) is 6.54 Å². The van der Waals surface area contributed by atoms with Crippen molar-refractivity contribution in [3.63, 3.8) is 0 Å². The summed E-state index contributed by atoms with van der Waals surface area (Å²) in [5, 5.41) is 5.63. The molecule has 0 aliphatic heterocycles. The Hall–Kier alpha value is -2.86. The SMILES string of the molecule is C[C@H](OC(=O)CNC(=O)Cc1ccccc1)C(=O)Nc1ccc(Cl)cc1. The highest BCUT2D eigenvalue weighted by Crippen LogP contribution is 2.13. The summed E-state index contributed by atoms with van der Waals surface area (Å²) in [5.74, 6) is -1.46. The van der Waals surface area contributed by atoms with Gasteiger partial charge in [-0.25, -0.2) is 0 Å². The number of carbonyl (C=O) groups excluding carboxylic acids is 3. The van der Waals surface area contributed by atoms with Gasteiger partial charge in [-0.3, -0.25) is 14.4 Å². The van der Waals surface area contributed by atoms with E-state index in [4.69, 9.17) is 16.3 Å². The van der Waals surface area contributed by atoms with Crippen LogP contribution < -0.4 is 10.6 Å². The third-order valence-corrected chi connectivity index (χ3v) is 3.68. The molecule has 0 radical (unpaired) electrons. The summed E-state index contributed by atoms with van der Waals surface area (Å²) in [7, 11) is 0. The molecule has 0 unspecified atom stereocenters. The summed E-state index contributed by atoms with van der Waals surface area (Å²) in [6.07, 6.45) is -0.829. The summed E-state index contributed by atoms with van der Waals surface area (Å²) >= 11 is 5.77. The first kappa shape index (κ1) is 19.5. The monoisotopic (exact) mass is 374 g/mol. The molecule has 2 rings (SSSR count). The van der Waals surface area contributed by atoms with E-state index in [1.54, 1.807) is 24.3 Å². The van der Waals surface area contributed by atoms with Gasteiger partial charge in [0.2, 0.25) is 5.91 Å². The molecule has 0 heterocycles. The molecule has 26 heavy (non-hydrogen) atoms. The minimum absolute atomic E-state index is 0.167. The summed E-state index contributed by atoms with van der Waals surface area (Å²) in [6, 6.07) is 15.7. The van der Waals surface area contributed by atoms with E-state index in [0.29, 0.717) is 10.7 Å². The molecule has 7 heteroatoms. The van der Waals surface area contributed by atoms with Crippen LogP contribution in [0, 0.1) is 0 Å². The summed E-state index contributed by atoms with van der Waals surface area (Å²) in [5.41, 5.74) is 1.38. The maximum Gasteiger partial charge on any atom is 0.326 e. The first-order chi connectivity index (χ1) is 12.4. The fourth-order valence-corrected chi connectivity index (χ4v) is 2.21. The fraction of sp³-hybridized carbons (Fsp3) is 0.211. The standard InChI is InChI=1S/C19H19ClN2O4/c1-13(19(25)22-16-9-7-15(20)8-10-16)26-18(24)12-21-17(23)11-14-5-3-2-4-6-14/h2-10,13H,11-12H2,1H3,(H,21,23)(H,22,25)/t13-/m0/s1. The predicted octanol–water partition coefficient (Wildman–Crippen LogP) is 2.57. The van der Waals surface area contributed by atoms with Crippen LogP contribution >= 0.6 is 11.6 Å². The largest absolute Gasteiger partial charge is 0.451 e. The summed E-state index contributed by atoms with van der Waals surface area (Å²) in [4.78, 5) is 35.6. The number of carbonyl (C=O) groups is 3. The van der Waals surface area contributed by atoms with Crippen molar-refractivity contribution in [3.05, 3.63) is 65.2 Å². The molecule has 0 saturated heterocycles. The first-order valence-corrected chi connectivity index (χ1v) is 8.38. The van der Waals surface area contributed by atoms with Gasteiger partial charge < -0.3 is 15.4 Å². The summed E-state index contributed by atoms with van der Waals surface area (Å²) < 4.78 is 5.02. The van der Waals surface area contributed by atoms with E-state index in [1.807, 2.05) is 30.3 Å². The topological polar surface area (TPSA) is 84.5 Å². The van der Waals surface area contributed by atoms with E-state index < -0.39 is 18.0 Å². The lowest BCUT2D eigenvalue weighted by Crippen LogP contribution is -2.36. The van der Waals surface area contributed by atoms with Crippen molar-refractivity contribution >= 4 is 35.1 Å². The molecule has 0 spiro atoms. The van der Waals surface area contributed by atoms with Crippen LogP contribution in [0.4, 0.5) is 5.69 Å². The average Bonchev–Trinajstić information content (AvgIpc) is 2.62. The first-order valence-electron chi connectivity index (χ1n) is 8.00. The number of nitrogens with one attached hydrogen (secondary N) is 2. The van der Waals surface area contributed by atoms with Crippen molar-refractivity contribution in [3.8, 4) is 0 Å². The second-order valence-electron chi connectivity index (χ2n) is 5.57. The van der Waals surface area contributed by atoms with Crippen LogP contribution in [0.5, 0.6) is 0 Å². The summed E-state index contributed by atoms with van der Waals surface area (Å²) in [6.45, 7) is 1.15. The maximum absolute atomic E-state index is 12.0. The molecular formula is C19H19ClN2O4. The van der Waals surface area contributed by atoms with E-state index in [2.05, 4.69) is 10.6 Å². The Bertz CT molecular complexity index is 763. The van der Waals surface area contributed by atoms with Gasteiger partial charge in [0.05, 0.1) is 6.42 Å². The van der Waals surface area contributed by atoms with E-state index in [0.717, 1.165) is 5.56 Å². The molecule has 0 aliphatic rings. The van der Waals surface area contributed by atoms with Crippen molar-refractivity contribution in [1.29, 1.82) is 0 Å².